The summed E-state index contributed by atoms with van der Waals surface area (Å²) in [5.41, 5.74) is 2.28. The highest BCUT2D eigenvalue weighted by molar-refractivity contribution is 14.1. The Morgan fingerprint density at radius 1 is 1.17 bits per heavy atom. The van der Waals surface area contributed by atoms with E-state index in [0.717, 1.165) is 14.8 Å². The molecule has 0 fully saturated rings. The van der Waals surface area contributed by atoms with E-state index >= 15 is 0 Å². The van der Waals surface area contributed by atoms with Crippen molar-refractivity contribution in [2.75, 3.05) is 5.32 Å². The summed E-state index contributed by atoms with van der Waals surface area (Å²) in [4.78, 5) is 12.0. The first-order valence-electron chi connectivity index (χ1n) is 5.39. The number of rotatable bonds is 2. The highest BCUT2D eigenvalue weighted by Gasteiger charge is 2.10. The Balaban J connectivity index is 2.19. The molecule has 0 saturated heterocycles. The van der Waals surface area contributed by atoms with Crippen molar-refractivity contribution in [1.29, 1.82) is 0 Å². The smallest absolute Gasteiger partial charge is 0.257 e. The third-order valence-corrected chi connectivity index (χ3v) is 3.50. The molecule has 0 radical (unpaired) electrons. The molecule has 1 N–H and O–H groups in total. The molecule has 0 aromatic heterocycles. The highest BCUT2D eigenvalue weighted by atomic mass is 127. The van der Waals surface area contributed by atoms with Gasteiger partial charge >= 0.3 is 0 Å². The number of nitrogens with one attached hydrogen (secondary N) is 1. The number of hydrogen-bond acceptors (Lipinski definition) is 1. The lowest BCUT2D eigenvalue weighted by Crippen LogP contribution is -2.12. The van der Waals surface area contributed by atoms with Gasteiger partial charge in [-0.25, -0.2) is 0 Å². The van der Waals surface area contributed by atoms with Crippen LogP contribution in [0.4, 0.5) is 5.69 Å². The number of benzene rings is 2. The van der Waals surface area contributed by atoms with Crippen LogP contribution in [-0.2, 0) is 0 Å². The van der Waals surface area contributed by atoms with E-state index in [2.05, 4.69) is 27.9 Å². The fourth-order valence-electron chi connectivity index (χ4n) is 1.54. The van der Waals surface area contributed by atoms with E-state index < -0.39 is 0 Å². The standard InChI is InChI=1S/C14H11ClINO/c1-9-2-7-12(13(15)8-9)14(18)17-11-5-3-10(16)4-6-11/h2-8H,1H3,(H,17,18). The van der Waals surface area contributed by atoms with Gasteiger partial charge in [0.1, 0.15) is 0 Å². The fourth-order valence-corrected chi connectivity index (χ4v) is 2.22. The molecule has 0 saturated carbocycles. The lowest BCUT2D eigenvalue weighted by molar-refractivity contribution is 0.102. The summed E-state index contributed by atoms with van der Waals surface area (Å²) < 4.78 is 1.12. The molecule has 0 atom stereocenters. The third kappa shape index (κ3) is 3.23. The second kappa shape index (κ2) is 5.71. The molecule has 0 spiro atoms. The molecule has 0 heterocycles. The quantitative estimate of drug-likeness (QED) is 0.774. The molecule has 2 rings (SSSR count). The van der Waals surface area contributed by atoms with Crippen molar-refractivity contribution in [2.24, 2.45) is 0 Å². The molecule has 2 aromatic carbocycles. The van der Waals surface area contributed by atoms with E-state index in [1.54, 1.807) is 12.1 Å². The molecule has 92 valence electrons. The first-order valence-corrected chi connectivity index (χ1v) is 6.85. The van der Waals surface area contributed by atoms with Crippen molar-refractivity contribution in [1.82, 2.24) is 0 Å². The Hall–Kier alpha value is -1.07. The summed E-state index contributed by atoms with van der Waals surface area (Å²) in [6.45, 7) is 1.94. The third-order valence-electron chi connectivity index (χ3n) is 2.47. The van der Waals surface area contributed by atoms with E-state index in [4.69, 9.17) is 11.6 Å². The van der Waals surface area contributed by atoms with Gasteiger partial charge in [-0.3, -0.25) is 4.79 Å². The van der Waals surface area contributed by atoms with Crippen LogP contribution >= 0.6 is 34.2 Å². The zero-order valence-electron chi connectivity index (χ0n) is 9.71. The normalized spacial score (nSPS) is 10.2. The monoisotopic (exact) mass is 371 g/mol. The van der Waals surface area contributed by atoms with Crippen LogP contribution in [0.15, 0.2) is 42.5 Å². The number of hydrogen-bond donors (Lipinski definition) is 1. The summed E-state index contributed by atoms with van der Waals surface area (Å²) in [7, 11) is 0. The predicted octanol–water partition coefficient (Wildman–Crippen LogP) is 4.51. The largest absolute Gasteiger partial charge is 0.322 e. The Morgan fingerprint density at radius 2 is 1.83 bits per heavy atom. The van der Waals surface area contributed by atoms with Gasteiger partial charge in [0, 0.05) is 9.26 Å². The molecule has 0 aliphatic heterocycles. The number of halogens is 2. The SMILES string of the molecule is Cc1ccc(C(=O)Nc2ccc(I)cc2)c(Cl)c1. The lowest BCUT2D eigenvalue weighted by atomic mass is 10.1. The summed E-state index contributed by atoms with van der Waals surface area (Å²) >= 11 is 8.27. The molecule has 0 bridgehead atoms. The molecule has 4 heteroatoms. The zero-order chi connectivity index (χ0) is 13.1. The average Bonchev–Trinajstić information content (AvgIpc) is 2.32. The van der Waals surface area contributed by atoms with Crippen molar-refractivity contribution in [2.45, 2.75) is 6.92 Å². The van der Waals surface area contributed by atoms with Crippen LogP contribution in [0, 0.1) is 10.5 Å². The van der Waals surface area contributed by atoms with Gasteiger partial charge in [0.25, 0.3) is 5.91 Å². The summed E-state index contributed by atoms with van der Waals surface area (Å²) in [5, 5.41) is 3.29. The number of anilines is 1. The van der Waals surface area contributed by atoms with Gasteiger partial charge in [-0.15, -0.1) is 0 Å². The Morgan fingerprint density at radius 3 is 2.44 bits per heavy atom. The van der Waals surface area contributed by atoms with Gasteiger partial charge in [0.2, 0.25) is 0 Å². The molecular formula is C14H11ClINO. The summed E-state index contributed by atoms with van der Waals surface area (Å²) in [5.74, 6) is -0.193. The Bertz CT molecular complexity index is 581. The van der Waals surface area contributed by atoms with Crippen molar-refractivity contribution in [3.8, 4) is 0 Å². The van der Waals surface area contributed by atoms with Crippen LogP contribution in [0.25, 0.3) is 0 Å². The molecule has 18 heavy (non-hydrogen) atoms. The lowest BCUT2D eigenvalue weighted by Gasteiger charge is -2.07. The molecule has 0 unspecified atom stereocenters. The maximum absolute atomic E-state index is 12.0. The van der Waals surface area contributed by atoms with E-state index in [0.29, 0.717) is 10.6 Å². The summed E-state index contributed by atoms with van der Waals surface area (Å²) in [6.07, 6.45) is 0. The van der Waals surface area contributed by atoms with E-state index in [-0.39, 0.29) is 5.91 Å². The molecule has 0 aliphatic carbocycles. The highest BCUT2D eigenvalue weighted by Crippen LogP contribution is 2.19. The second-order valence-corrected chi connectivity index (χ2v) is 5.60. The van der Waals surface area contributed by atoms with Crippen LogP contribution in [0.5, 0.6) is 0 Å². The fraction of sp³-hybridized carbons (Fsp3) is 0.0714. The van der Waals surface area contributed by atoms with Crippen LogP contribution < -0.4 is 5.32 Å². The number of amides is 1. The molecule has 0 aliphatic rings. The van der Waals surface area contributed by atoms with E-state index in [1.807, 2.05) is 37.3 Å². The Kier molecular flexibility index (Phi) is 4.24. The van der Waals surface area contributed by atoms with E-state index in [1.165, 1.54) is 0 Å². The molecule has 1 amide bonds. The van der Waals surface area contributed by atoms with Crippen molar-refractivity contribution in [3.05, 3.63) is 62.2 Å². The van der Waals surface area contributed by atoms with Crippen LogP contribution in [-0.4, -0.2) is 5.91 Å². The molecule has 2 nitrogen and oxygen atoms in total. The minimum absolute atomic E-state index is 0.193. The first kappa shape index (κ1) is 13.4. The molecule has 2 aromatic rings. The van der Waals surface area contributed by atoms with Crippen molar-refractivity contribution < 1.29 is 4.79 Å². The van der Waals surface area contributed by atoms with Gasteiger partial charge in [0.15, 0.2) is 0 Å². The van der Waals surface area contributed by atoms with Gasteiger partial charge in [-0.05, 0) is 71.5 Å². The minimum Gasteiger partial charge on any atom is -0.322 e. The zero-order valence-corrected chi connectivity index (χ0v) is 12.6. The topological polar surface area (TPSA) is 29.1 Å². The second-order valence-electron chi connectivity index (χ2n) is 3.94. The van der Waals surface area contributed by atoms with Crippen LogP contribution in [0.1, 0.15) is 15.9 Å². The van der Waals surface area contributed by atoms with Crippen LogP contribution in [0.2, 0.25) is 5.02 Å². The van der Waals surface area contributed by atoms with Gasteiger partial charge in [-0.1, -0.05) is 17.7 Å². The Labute approximate surface area is 124 Å². The number of aryl methyl sites for hydroxylation is 1. The average molecular weight is 372 g/mol. The number of carbonyl (C=O) groups excluding carboxylic acids is 1. The van der Waals surface area contributed by atoms with Gasteiger partial charge < -0.3 is 5.32 Å². The minimum atomic E-state index is -0.193. The summed E-state index contributed by atoms with van der Waals surface area (Å²) in [6, 6.07) is 13.0. The first-order chi connectivity index (χ1) is 8.56. The molecular weight excluding hydrogens is 361 g/mol. The maximum Gasteiger partial charge on any atom is 0.257 e. The van der Waals surface area contributed by atoms with Crippen LogP contribution in [0.3, 0.4) is 0 Å². The number of carbonyl (C=O) groups is 1. The van der Waals surface area contributed by atoms with Crippen molar-refractivity contribution in [3.63, 3.8) is 0 Å². The predicted molar refractivity (Wildman–Crippen MR) is 83.3 cm³/mol. The maximum atomic E-state index is 12.0. The van der Waals surface area contributed by atoms with Gasteiger partial charge in [-0.2, -0.15) is 0 Å². The van der Waals surface area contributed by atoms with E-state index in [9.17, 15) is 4.79 Å². The van der Waals surface area contributed by atoms with Gasteiger partial charge in [0.05, 0.1) is 10.6 Å². The van der Waals surface area contributed by atoms with Crippen molar-refractivity contribution >= 4 is 45.8 Å².